The van der Waals surface area contributed by atoms with Crippen molar-refractivity contribution in [3.05, 3.63) is 32.4 Å². The molecule has 0 aliphatic rings. The maximum Gasteiger partial charge on any atom is 0.389 e. The molecule has 0 aromatic heterocycles. The number of Topliss-reactive ketones (excluding diaryl/α,β-unsaturated/α-hetero) is 1. The van der Waals surface area contributed by atoms with Crippen LogP contribution in [0.15, 0.2) is 18.2 Å². The van der Waals surface area contributed by atoms with Crippen LogP contribution < -0.4 is 0 Å². The van der Waals surface area contributed by atoms with Gasteiger partial charge in [0.15, 0.2) is 5.78 Å². The molecule has 1 nitrogen and oxygen atoms in total. The van der Waals surface area contributed by atoms with E-state index in [1.54, 1.807) is 12.1 Å². The molecule has 0 aliphatic heterocycles. The van der Waals surface area contributed by atoms with E-state index >= 15 is 0 Å². The highest BCUT2D eigenvalue weighted by Crippen LogP contribution is 2.24. The van der Waals surface area contributed by atoms with E-state index < -0.39 is 12.6 Å². The molecular weight excluding hydrogens is 367 g/mol. The Balaban J connectivity index is 2.56. The lowest BCUT2D eigenvalue weighted by atomic mass is 10.1. The first kappa shape index (κ1) is 14.8. The molecule has 0 aliphatic carbocycles. The van der Waals surface area contributed by atoms with E-state index in [1.807, 2.05) is 22.6 Å². The van der Waals surface area contributed by atoms with Gasteiger partial charge in [-0.15, -0.1) is 0 Å². The summed E-state index contributed by atoms with van der Waals surface area (Å²) in [7, 11) is 0. The molecule has 0 unspecified atom stereocenters. The summed E-state index contributed by atoms with van der Waals surface area (Å²) in [5, 5.41) is 0.437. The van der Waals surface area contributed by atoms with Crippen molar-refractivity contribution in [3.8, 4) is 0 Å². The zero-order valence-corrected chi connectivity index (χ0v) is 11.6. The largest absolute Gasteiger partial charge is 0.389 e. The van der Waals surface area contributed by atoms with Crippen LogP contribution in [0.5, 0.6) is 0 Å². The molecule has 0 fully saturated rings. The maximum atomic E-state index is 11.9. The second-order valence-electron chi connectivity index (χ2n) is 3.52. The first-order valence-corrected chi connectivity index (χ1v) is 6.30. The second-order valence-corrected chi connectivity index (χ2v) is 5.09. The van der Waals surface area contributed by atoms with Crippen LogP contribution in [-0.4, -0.2) is 12.0 Å². The number of benzene rings is 1. The van der Waals surface area contributed by atoms with Crippen LogP contribution in [0.25, 0.3) is 0 Å². The van der Waals surface area contributed by atoms with Crippen LogP contribution in [0.1, 0.15) is 29.6 Å². The fraction of sp³-hybridized carbons (Fsp3) is 0.364. The van der Waals surface area contributed by atoms with Crippen molar-refractivity contribution >= 4 is 40.0 Å². The SMILES string of the molecule is O=C(CCCC(F)(F)F)c1ccc(I)c(Cl)c1. The van der Waals surface area contributed by atoms with Crippen molar-refractivity contribution in [2.75, 3.05) is 0 Å². The normalized spacial score (nSPS) is 11.6. The highest BCUT2D eigenvalue weighted by Gasteiger charge is 2.26. The Kier molecular flexibility index (Phi) is 5.24. The maximum absolute atomic E-state index is 11.9. The van der Waals surface area contributed by atoms with Gasteiger partial charge in [-0.05, 0) is 41.1 Å². The molecule has 94 valence electrons. The summed E-state index contributed by atoms with van der Waals surface area (Å²) in [4.78, 5) is 11.6. The zero-order chi connectivity index (χ0) is 13.1. The first-order valence-electron chi connectivity index (χ1n) is 4.84. The molecule has 0 N–H and O–H groups in total. The molecule has 1 rings (SSSR count). The molecule has 0 saturated carbocycles. The Morgan fingerprint density at radius 2 is 2.00 bits per heavy atom. The number of hydrogen-bond acceptors (Lipinski definition) is 1. The van der Waals surface area contributed by atoms with Gasteiger partial charge >= 0.3 is 6.18 Å². The van der Waals surface area contributed by atoms with Gasteiger partial charge in [0.05, 0.1) is 5.02 Å². The Morgan fingerprint density at radius 1 is 1.35 bits per heavy atom. The van der Waals surface area contributed by atoms with Gasteiger partial charge < -0.3 is 0 Å². The third kappa shape index (κ3) is 5.25. The van der Waals surface area contributed by atoms with Gasteiger partial charge in [0.1, 0.15) is 0 Å². The predicted octanol–water partition coefficient (Wildman–Crippen LogP) is 4.86. The molecule has 0 amide bonds. The van der Waals surface area contributed by atoms with Crippen molar-refractivity contribution in [1.29, 1.82) is 0 Å². The Labute approximate surface area is 115 Å². The molecule has 0 atom stereocenters. The van der Waals surface area contributed by atoms with Crippen LogP contribution in [0, 0.1) is 3.57 Å². The summed E-state index contributed by atoms with van der Waals surface area (Å²) in [6.07, 6.45) is -5.44. The minimum atomic E-state index is -4.20. The molecular formula is C11H9ClF3IO. The lowest BCUT2D eigenvalue weighted by Crippen LogP contribution is -2.08. The van der Waals surface area contributed by atoms with Crippen LogP contribution in [-0.2, 0) is 0 Å². The Morgan fingerprint density at radius 3 is 2.53 bits per heavy atom. The van der Waals surface area contributed by atoms with E-state index in [9.17, 15) is 18.0 Å². The minimum Gasteiger partial charge on any atom is -0.294 e. The number of alkyl halides is 3. The van der Waals surface area contributed by atoms with Gasteiger partial charge in [-0.3, -0.25) is 4.79 Å². The fourth-order valence-corrected chi connectivity index (χ4v) is 1.78. The summed E-state index contributed by atoms with van der Waals surface area (Å²) >= 11 is 7.84. The van der Waals surface area contributed by atoms with Crippen molar-refractivity contribution in [2.24, 2.45) is 0 Å². The topological polar surface area (TPSA) is 17.1 Å². The van der Waals surface area contributed by atoms with Gasteiger partial charge in [0.25, 0.3) is 0 Å². The van der Waals surface area contributed by atoms with Crippen LogP contribution >= 0.6 is 34.2 Å². The molecule has 0 spiro atoms. The zero-order valence-electron chi connectivity index (χ0n) is 8.65. The van der Waals surface area contributed by atoms with Crippen molar-refractivity contribution in [3.63, 3.8) is 0 Å². The van der Waals surface area contributed by atoms with E-state index in [1.165, 1.54) is 6.07 Å². The summed E-state index contributed by atoms with van der Waals surface area (Å²) in [6.45, 7) is 0. The summed E-state index contributed by atoms with van der Waals surface area (Å²) in [5.74, 6) is -0.312. The molecule has 1 aromatic carbocycles. The van der Waals surface area contributed by atoms with Gasteiger partial charge in [-0.1, -0.05) is 17.7 Å². The van der Waals surface area contributed by atoms with E-state index in [2.05, 4.69) is 0 Å². The van der Waals surface area contributed by atoms with E-state index in [-0.39, 0.29) is 18.6 Å². The minimum absolute atomic E-state index is 0.115. The van der Waals surface area contributed by atoms with Crippen LogP contribution in [0.3, 0.4) is 0 Å². The predicted molar refractivity (Wildman–Crippen MR) is 68.4 cm³/mol. The molecule has 17 heavy (non-hydrogen) atoms. The molecule has 0 radical (unpaired) electrons. The van der Waals surface area contributed by atoms with Gasteiger partial charge in [0, 0.05) is 22.0 Å². The van der Waals surface area contributed by atoms with Crippen LogP contribution in [0.4, 0.5) is 13.2 Å². The Hall–Kier alpha value is -0.300. The quantitative estimate of drug-likeness (QED) is 0.542. The van der Waals surface area contributed by atoms with Crippen molar-refractivity contribution in [2.45, 2.75) is 25.4 Å². The lowest BCUT2D eigenvalue weighted by Gasteiger charge is -2.06. The number of halogens is 5. The second kappa shape index (κ2) is 6.04. The monoisotopic (exact) mass is 376 g/mol. The van der Waals surface area contributed by atoms with Crippen molar-refractivity contribution in [1.82, 2.24) is 0 Å². The van der Waals surface area contributed by atoms with Gasteiger partial charge in [0.2, 0.25) is 0 Å². The molecule has 6 heteroatoms. The first-order chi connectivity index (χ1) is 7.79. The third-order valence-electron chi connectivity index (χ3n) is 2.11. The van der Waals surface area contributed by atoms with Gasteiger partial charge in [-0.2, -0.15) is 13.2 Å². The Bertz CT molecular complexity index is 418. The van der Waals surface area contributed by atoms with Crippen LogP contribution in [0.2, 0.25) is 5.02 Å². The highest BCUT2D eigenvalue weighted by atomic mass is 127. The number of rotatable bonds is 4. The highest BCUT2D eigenvalue weighted by molar-refractivity contribution is 14.1. The summed E-state index contributed by atoms with van der Waals surface area (Å²) < 4.78 is 36.5. The van der Waals surface area contributed by atoms with E-state index in [4.69, 9.17) is 11.6 Å². The summed E-state index contributed by atoms with van der Waals surface area (Å²) in [6, 6.07) is 4.72. The average molecular weight is 377 g/mol. The van der Waals surface area contributed by atoms with E-state index in [0.29, 0.717) is 10.6 Å². The standard InChI is InChI=1S/C11H9ClF3IO/c12-8-6-7(3-4-9(8)16)10(17)2-1-5-11(13,14)15/h3-4,6H,1-2,5H2. The average Bonchev–Trinajstić information content (AvgIpc) is 2.20. The number of carbonyl (C=O) groups excluding carboxylic acids is 1. The van der Waals surface area contributed by atoms with E-state index in [0.717, 1.165) is 3.57 Å². The smallest absolute Gasteiger partial charge is 0.294 e. The third-order valence-corrected chi connectivity index (χ3v) is 3.68. The van der Waals surface area contributed by atoms with Gasteiger partial charge in [-0.25, -0.2) is 0 Å². The molecule has 1 aromatic rings. The number of ketones is 1. The molecule has 0 bridgehead atoms. The van der Waals surface area contributed by atoms with Crippen molar-refractivity contribution < 1.29 is 18.0 Å². The fourth-order valence-electron chi connectivity index (χ4n) is 1.26. The molecule has 0 heterocycles. The lowest BCUT2D eigenvalue weighted by molar-refractivity contribution is -0.135. The number of hydrogen-bond donors (Lipinski definition) is 0. The molecule has 0 saturated heterocycles. The summed E-state index contributed by atoms with van der Waals surface area (Å²) in [5.41, 5.74) is 0.359. The number of carbonyl (C=O) groups is 1.